The molecule has 1 aromatic carbocycles. The minimum atomic E-state index is -3.86. The van der Waals surface area contributed by atoms with Crippen molar-refractivity contribution < 1.29 is 12.8 Å². The van der Waals surface area contributed by atoms with Crippen LogP contribution in [0, 0.1) is 5.82 Å². The average Bonchev–Trinajstić information content (AvgIpc) is 2.27. The number of nitrogens with one attached hydrogen (secondary N) is 2. The first kappa shape index (κ1) is 11.6. The first-order valence-electron chi connectivity index (χ1n) is 4.79. The minimum Gasteiger partial charge on any atom is -0.352 e. The number of anilines is 1. The predicted octanol–water partition coefficient (Wildman–Crippen LogP) is 1.07. The highest BCUT2D eigenvalue weighted by Gasteiger charge is 2.25. The number of hydrogen-bond acceptors (Lipinski definition) is 4. The van der Waals surface area contributed by atoms with E-state index < -0.39 is 15.8 Å². The number of sulfonamides is 1. The second-order valence-corrected chi connectivity index (χ2v) is 4.92. The van der Waals surface area contributed by atoms with Gasteiger partial charge in [-0.1, -0.05) is 6.08 Å². The number of nitrogens with zero attached hydrogens (tertiary/aromatic N) is 1. The molecule has 0 spiro atoms. The van der Waals surface area contributed by atoms with E-state index in [2.05, 4.69) is 21.6 Å². The highest BCUT2D eigenvalue weighted by Crippen LogP contribution is 2.27. The summed E-state index contributed by atoms with van der Waals surface area (Å²) in [6, 6.07) is 3.47. The Kier molecular flexibility index (Phi) is 2.84. The SMILES string of the molecule is C=CCNC1=NS(=O)(=O)c2cc(F)ccc2N1. The number of halogens is 1. The van der Waals surface area contributed by atoms with Crippen molar-refractivity contribution in [2.24, 2.45) is 4.40 Å². The quantitative estimate of drug-likeness (QED) is 0.775. The topological polar surface area (TPSA) is 70.6 Å². The molecule has 17 heavy (non-hydrogen) atoms. The van der Waals surface area contributed by atoms with Crippen LogP contribution in [0.4, 0.5) is 10.1 Å². The summed E-state index contributed by atoms with van der Waals surface area (Å²) in [5, 5.41) is 5.49. The molecule has 0 fully saturated rings. The van der Waals surface area contributed by atoms with E-state index in [1.807, 2.05) is 0 Å². The van der Waals surface area contributed by atoms with Gasteiger partial charge in [-0.25, -0.2) is 4.39 Å². The molecule has 0 unspecified atom stereocenters. The molecule has 0 amide bonds. The Morgan fingerprint density at radius 2 is 2.29 bits per heavy atom. The van der Waals surface area contributed by atoms with E-state index in [4.69, 9.17) is 0 Å². The third-order valence-electron chi connectivity index (χ3n) is 2.10. The van der Waals surface area contributed by atoms with Crippen LogP contribution in [-0.2, 0) is 10.0 Å². The van der Waals surface area contributed by atoms with Gasteiger partial charge in [0.25, 0.3) is 10.0 Å². The van der Waals surface area contributed by atoms with Gasteiger partial charge in [0.2, 0.25) is 5.96 Å². The maximum atomic E-state index is 13.0. The standard InChI is InChI=1S/C10H10FN3O2S/c1-2-5-12-10-13-8-4-3-7(11)6-9(8)17(15,16)14-10/h2-4,6H,1,5H2,(H2,12,13,14). The molecule has 1 heterocycles. The molecular formula is C10H10FN3O2S. The van der Waals surface area contributed by atoms with Crippen molar-refractivity contribution in [3.05, 3.63) is 36.7 Å². The van der Waals surface area contributed by atoms with E-state index in [1.165, 1.54) is 12.1 Å². The molecule has 0 saturated heterocycles. The van der Waals surface area contributed by atoms with Gasteiger partial charge in [0, 0.05) is 6.54 Å². The maximum absolute atomic E-state index is 13.0. The van der Waals surface area contributed by atoms with Crippen molar-refractivity contribution >= 4 is 21.7 Å². The molecule has 1 aliphatic heterocycles. The van der Waals surface area contributed by atoms with Crippen molar-refractivity contribution in [2.45, 2.75) is 4.90 Å². The molecule has 0 atom stereocenters. The van der Waals surface area contributed by atoms with Crippen LogP contribution in [0.1, 0.15) is 0 Å². The van der Waals surface area contributed by atoms with Crippen molar-refractivity contribution in [3.8, 4) is 0 Å². The molecule has 0 saturated carbocycles. The number of guanidine groups is 1. The van der Waals surface area contributed by atoms with Gasteiger partial charge in [-0.3, -0.25) is 0 Å². The molecule has 1 aromatic rings. The van der Waals surface area contributed by atoms with Crippen molar-refractivity contribution in [3.63, 3.8) is 0 Å². The maximum Gasteiger partial charge on any atom is 0.287 e. The number of fused-ring (bicyclic) bond motifs is 1. The molecule has 2 rings (SSSR count). The summed E-state index contributed by atoms with van der Waals surface area (Å²) < 4.78 is 39.9. The van der Waals surface area contributed by atoms with Gasteiger partial charge in [0.05, 0.1) is 5.69 Å². The van der Waals surface area contributed by atoms with Crippen LogP contribution < -0.4 is 10.6 Å². The summed E-state index contributed by atoms with van der Waals surface area (Å²) in [6.07, 6.45) is 1.57. The lowest BCUT2D eigenvalue weighted by molar-refractivity contribution is 0.592. The fraction of sp³-hybridized carbons (Fsp3) is 0.100. The summed E-state index contributed by atoms with van der Waals surface area (Å²) in [4.78, 5) is -0.165. The average molecular weight is 255 g/mol. The Labute approximate surface area is 98.1 Å². The van der Waals surface area contributed by atoms with Gasteiger partial charge in [-0.2, -0.15) is 8.42 Å². The molecule has 90 valence electrons. The van der Waals surface area contributed by atoms with E-state index in [9.17, 15) is 12.8 Å². The Bertz CT molecular complexity index is 596. The molecule has 7 heteroatoms. The van der Waals surface area contributed by atoms with Gasteiger partial charge >= 0.3 is 0 Å². The van der Waals surface area contributed by atoms with E-state index >= 15 is 0 Å². The third-order valence-corrected chi connectivity index (χ3v) is 3.42. The highest BCUT2D eigenvalue weighted by atomic mass is 32.2. The zero-order valence-corrected chi connectivity index (χ0v) is 9.59. The van der Waals surface area contributed by atoms with Crippen LogP contribution in [0.25, 0.3) is 0 Å². The Morgan fingerprint density at radius 3 is 3.00 bits per heavy atom. The second-order valence-electron chi connectivity index (χ2n) is 3.35. The van der Waals surface area contributed by atoms with E-state index in [0.29, 0.717) is 12.2 Å². The van der Waals surface area contributed by atoms with Crippen LogP contribution in [0.3, 0.4) is 0 Å². The molecule has 0 aliphatic carbocycles. The largest absolute Gasteiger partial charge is 0.352 e. The molecule has 1 aliphatic rings. The zero-order valence-electron chi connectivity index (χ0n) is 8.77. The van der Waals surface area contributed by atoms with Crippen LogP contribution >= 0.6 is 0 Å². The minimum absolute atomic E-state index is 0.101. The van der Waals surface area contributed by atoms with Crippen molar-refractivity contribution in [1.29, 1.82) is 0 Å². The van der Waals surface area contributed by atoms with Gasteiger partial charge < -0.3 is 10.6 Å². The van der Waals surface area contributed by atoms with Crippen LogP contribution in [-0.4, -0.2) is 20.9 Å². The van der Waals surface area contributed by atoms with E-state index in [0.717, 1.165) is 6.07 Å². The number of hydrogen-bond donors (Lipinski definition) is 2. The lowest BCUT2D eigenvalue weighted by atomic mass is 10.3. The zero-order chi connectivity index (χ0) is 12.5. The first-order valence-corrected chi connectivity index (χ1v) is 6.23. The van der Waals surface area contributed by atoms with Crippen LogP contribution in [0.2, 0.25) is 0 Å². The molecule has 0 aromatic heterocycles. The normalized spacial score (nSPS) is 16.4. The lowest BCUT2D eigenvalue weighted by Gasteiger charge is -2.18. The van der Waals surface area contributed by atoms with E-state index in [1.54, 1.807) is 6.08 Å². The van der Waals surface area contributed by atoms with Gasteiger partial charge in [-0.15, -0.1) is 11.0 Å². The lowest BCUT2D eigenvalue weighted by Crippen LogP contribution is -2.34. The third kappa shape index (κ3) is 2.28. The highest BCUT2D eigenvalue weighted by molar-refractivity contribution is 7.90. The fourth-order valence-corrected chi connectivity index (χ4v) is 2.49. The Hall–Kier alpha value is -1.89. The molecular weight excluding hydrogens is 245 g/mol. The summed E-state index contributed by atoms with van der Waals surface area (Å²) in [6.45, 7) is 3.87. The molecule has 0 radical (unpaired) electrons. The monoisotopic (exact) mass is 255 g/mol. The summed E-state index contributed by atoms with van der Waals surface area (Å²) in [5.41, 5.74) is 0.299. The summed E-state index contributed by atoms with van der Waals surface area (Å²) in [7, 11) is -3.86. The van der Waals surface area contributed by atoms with Gasteiger partial charge in [0.1, 0.15) is 10.7 Å². The fourth-order valence-electron chi connectivity index (χ4n) is 1.38. The van der Waals surface area contributed by atoms with Crippen molar-refractivity contribution in [1.82, 2.24) is 5.32 Å². The van der Waals surface area contributed by atoms with E-state index in [-0.39, 0.29) is 10.9 Å². The second kappa shape index (κ2) is 4.17. The smallest absolute Gasteiger partial charge is 0.287 e. The van der Waals surface area contributed by atoms with Gasteiger partial charge in [0.15, 0.2) is 0 Å². The summed E-state index contributed by atoms with van der Waals surface area (Å²) >= 11 is 0. The Balaban J connectivity index is 2.43. The molecule has 5 nitrogen and oxygen atoms in total. The predicted molar refractivity (Wildman–Crippen MR) is 62.8 cm³/mol. The van der Waals surface area contributed by atoms with Crippen LogP contribution in [0.5, 0.6) is 0 Å². The first-order chi connectivity index (χ1) is 8.03. The molecule has 0 bridgehead atoms. The van der Waals surface area contributed by atoms with Gasteiger partial charge in [-0.05, 0) is 18.2 Å². The Morgan fingerprint density at radius 1 is 1.53 bits per heavy atom. The number of benzene rings is 1. The summed E-state index contributed by atoms with van der Waals surface area (Å²) in [5.74, 6) is -0.518. The number of rotatable bonds is 2. The molecule has 2 N–H and O–H groups in total. The van der Waals surface area contributed by atoms with Crippen LogP contribution in [0.15, 0.2) is 40.1 Å². The van der Waals surface area contributed by atoms with Crippen molar-refractivity contribution in [2.75, 3.05) is 11.9 Å².